The fourth-order valence-corrected chi connectivity index (χ4v) is 1.29. The van der Waals surface area contributed by atoms with Gasteiger partial charge in [-0.1, -0.05) is 0 Å². The molecule has 0 aromatic rings. The van der Waals surface area contributed by atoms with Gasteiger partial charge in [0.25, 0.3) is 0 Å². The van der Waals surface area contributed by atoms with Gasteiger partial charge in [0.05, 0.1) is 6.61 Å². The molecule has 92 valence electrons. The lowest BCUT2D eigenvalue weighted by Gasteiger charge is -2.14. The smallest absolute Gasteiger partial charge is 0.346 e. The van der Waals surface area contributed by atoms with Crippen molar-refractivity contribution < 1.29 is 24.9 Å². The molecular weight excluding hydrogens is 220 g/mol. The summed E-state index contributed by atoms with van der Waals surface area (Å²) < 4.78 is 4.95. The van der Waals surface area contributed by atoms with E-state index in [0.29, 0.717) is 0 Å². The van der Waals surface area contributed by atoms with E-state index in [2.05, 4.69) is 10.3 Å². The van der Waals surface area contributed by atoms with Crippen LogP contribution in [0.1, 0.15) is 0 Å². The molecule has 9 heteroatoms. The van der Waals surface area contributed by atoms with Gasteiger partial charge in [0, 0.05) is 0 Å². The number of aliphatic hydroxyl groups excluding tert-OH is 3. The van der Waals surface area contributed by atoms with Crippen LogP contribution < -0.4 is 16.8 Å². The first-order chi connectivity index (χ1) is 7.45. The van der Waals surface area contributed by atoms with Crippen LogP contribution >= 0.6 is 0 Å². The molecule has 4 atom stereocenters. The van der Waals surface area contributed by atoms with E-state index in [-0.39, 0.29) is 0 Å². The molecule has 0 aromatic heterocycles. The summed E-state index contributed by atoms with van der Waals surface area (Å²) >= 11 is 0. The quantitative estimate of drug-likeness (QED) is 0.212. The van der Waals surface area contributed by atoms with Gasteiger partial charge in [-0.25, -0.2) is 4.79 Å². The molecule has 1 fully saturated rings. The van der Waals surface area contributed by atoms with Crippen molar-refractivity contribution in [3.05, 3.63) is 0 Å². The maximum Gasteiger partial charge on any atom is 0.346 e. The van der Waals surface area contributed by atoms with Gasteiger partial charge in [0.15, 0.2) is 12.2 Å². The molecule has 0 aromatic carbocycles. The maximum absolute atomic E-state index is 11.1. The number of nitrogens with zero attached hydrogens (tertiary/aromatic N) is 1. The molecule has 9 nitrogen and oxygen atoms in total. The summed E-state index contributed by atoms with van der Waals surface area (Å²) in [7, 11) is 0. The third-order valence-corrected chi connectivity index (χ3v) is 2.04. The highest BCUT2D eigenvalue weighted by molar-refractivity contribution is 5.90. The number of urea groups is 1. The van der Waals surface area contributed by atoms with Gasteiger partial charge in [-0.3, -0.25) is 0 Å². The average Bonchev–Trinajstić information content (AvgIpc) is 2.44. The molecule has 0 aliphatic carbocycles. The van der Waals surface area contributed by atoms with E-state index in [0.717, 1.165) is 0 Å². The van der Waals surface area contributed by atoms with Crippen molar-refractivity contribution in [1.82, 2.24) is 5.32 Å². The zero-order chi connectivity index (χ0) is 12.3. The molecule has 1 aliphatic heterocycles. The molecule has 2 amide bonds. The number of ether oxygens (including phenoxy) is 1. The topological polar surface area (TPSA) is 163 Å². The first kappa shape index (κ1) is 12.6. The van der Waals surface area contributed by atoms with Crippen LogP contribution in [-0.4, -0.2) is 58.5 Å². The van der Waals surface area contributed by atoms with Gasteiger partial charge in [-0.15, -0.1) is 0 Å². The van der Waals surface area contributed by atoms with Gasteiger partial charge in [0.1, 0.15) is 18.3 Å². The zero-order valence-electron chi connectivity index (χ0n) is 8.28. The van der Waals surface area contributed by atoms with Crippen LogP contribution in [0.5, 0.6) is 0 Å². The van der Waals surface area contributed by atoms with E-state index >= 15 is 0 Å². The maximum atomic E-state index is 11.1. The minimum absolute atomic E-state index is 0.441. The van der Waals surface area contributed by atoms with Gasteiger partial charge < -0.3 is 36.8 Å². The molecule has 1 saturated heterocycles. The van der Waals surface area contributed by atoms with Gasteiger partial charge >= 0.3 is 6.03 Å². The summed E-state index contributed by atoms with van der Waals surface area (Å²) in [6.07, 6.45) is -4.76. The highest BCUT2D eigenvalue weighted by atomic mass is 16.6. The number of hydrogen-bond acceptors (Lipinski definition) is 5. The Morgan fingerprint density at radius 1 is 1.38 bits per heavy atom. The van der Waals surface area contributed by atoms with Crippen molar-refractivity contribution in [1.29, 1.82) is 0 Å². The van der Waals surface area contributed by atoms with Crippen LogP contribution in [0.4, 0.5) is 4.79 Å². The fourth-order valence-electron chi connectivity index (χ4n) is 1.29. The summed E-state index contributed by atoms with van der Waals surface area (Å²) in [4.78, 5) is 14.2. The second-order valence-electron chi connectivity index (χ2n) is 3.25. The lowest BCUT2D eigenvalue weighted by atomic mass is 10.1. The summed E-state index contributed by atoms with van der Waals surface area (Å²) in [6, 6.07) is -0.908. The van der Waals surface area contributed by atoms with Crippen molar-refractivity contribution >= 4 is 12.0 Å². The number of rotatable bonds is 2. The number of hydrogen-bond donors (Lipinski definition) is 6. The van der Waals surface area contributed by atoms with E-state index in [1.54, 1.807) is 0 Å². The SMILES string of the molecule is NC(N)=NC(=O)NC1O[C@H](CO)[C@H](O)C1O. The van der Waals surface area contributed by atoms with Gasteiger partial charge in [-0.2, -0.15) is 4.99 Å². The Hall–Kier alpha value is -1.42. The molecule has 0 bridgehead atoms. The summed E-state index contributed by atoms with van der Waals surface area (Å²) in [5.74, 6) is -0.441. The van der Waals surface area contributed by atoms with Crippen LogP contribution in [-0.2, 0) is 4.74 Å². The number of nitrogens with two attached hydrogens (primary N) is 2. The molecule has 1 heterocycles. The number of guanidine groups is 1. The number of carbonyl (C=O) groups is 1. The largest absolute Gasteiger partial charge is 0.394 e. The molecule has 0 spiro atoms. The standard InChI is InChI=1S/C7H14N4O5/c8-6(9)11-7(15)10-5-4(14)3(13)2(1-12)16-5/h2-5,12-14H,1H2,(H5,8,9,10,11,15)/t2-,3+,4?,5?/m1/s1. The van der Waals surface area contributed by atoms with Crippen LogP contribution in [0.3, 0.4) is 0 Å². The van der Waals surface area contributed by atoms with Gasteiger partial charge in [0.2, 0.25) is 0 Å². The van der Waals surface area contributed by atoms with E-state index < -0.39 is 43.1 Å². The zero-order valence-corrected chi connectivity index (χ0v) is 8.28. The lowest BCUT2D eigenvalue weighted by molar-refractivity contribution is -0.0281. The lowest BCUT2D eigenvalue weighted by Crippen LogP contribution is -2.43. The summed E-state index contributed by atoms with van der Waals surface area (Å²) in [5, 5.41) is 29.7. The molecule has 16 heavy (non-hydrogen) atoms. The minimum Gasteiger partial charge on any atom is -0.394 e. The van der Waals surface area contributed by atoms with Crippen LogP contribution in [0.15, 0.2) is 4.99 Å². The van der Waals surface area contributed by atoms with Crippen molar-refractivity contribution in [2.45, 2.75) is 24.5 Å². The Balaban J connectivity index is 2.56. The molecule has 2 unspecified atom stereocenters. The molecule has 0 radical (unpaired) electrons. The summed E-state index contributed by atoms with van der Waals surface area (Å²) in [5.41, 5.74) is 9.91. The Morgan fingerprint density at radius 2 is 2.00 bits per heavy atom. The normalized spacial score (nSPS) is 33.4. The van der Waals surface area contributed by atoms with Crippen molar-refractivity contribution in [3.8, 4) is 0 Å². The number of amides is 2. The van der Waals surface area contributed by atoms with Crippen molar-refractivity contribution in [3.63, 3.8) is 0 Å². The predicted molar refractivity (Wildman–Crippen MR) is 52.1 cm³/mol. The van der Waals surface area contributed by atoms with E-state index in [9.17, 15) is 15.0 Å². The average molecular weight is 234 g/mol. The Labute approximate surface area is 90.7 Å². The minimum atomic E-state index is -1.35. The number of carbonyl (C=O) groups excluding carboxylic acids is 1. The second-order valence-corrected chi connectivity index (χ2v) is 3.25. The predicted octanol–water partition coefficient (Wildman–Crippen LogP) is -3.59. The van der Waals surface area contributed by atoms with Crippen molar-refractivity contribution in [2.75, 3.05) is 6.61 Å². The van der Waals surface area contributed by atoms with Crippen LogP contribution in [0, 0.1) is 0 Å². The van der Waals surface area contributed by atoms with Gasteiger partial charge in [-0.05, 0) is 0 Å². The number of aliphatic imine (C=N–C) groups is 1. The van der Waals surface area contributed by atoms with Crippen LogP contribution in [0.25, 0.3) is 0 Å². The van der Waals surface area contributed by atoms with Crippen molar-refractivity contribution in [2.24, 2.45) is 16.5 Å². The first-order valence-corrected chi connectivity index (χ1v) is 4.48. The Bertz CT molecular complexity index is 293. The van der Waals surface area contributed by atoms with E-state index in [1.807, 2.05) is 0 Å². The molecule has 8 N–H and O–H groups in total. The van der Waals surface area contributed by atoms with E-state index in [4.69, 9.17) is 21.3 Å². The second kappa shape index (κ2) is 5.07. The highest BCUT2D eigenvalue weighted by Gasteiger charge is 2.42. The highest BCUT2D eigenvalue weighted by Crippen LogP contribution is 2.19. The fraction of sp³-hybridized carbons (Fsp3) is 0.714. The molecular formula is C7H14N4O5. The Kier molecular flexibility index (Phi) is 4.01. The first-order valence-electron chi connectivity index (χ1n) is 4.48. The monoisotopic (exact) mass is 234 g/mol. The summed E-state index contributed by atoms with van der Waals surface area (Å²) in [6.45, 7) is -0.479. The molecule has 1 aliphatic rings. The number of nitrogens with one attached hydrogen (secondary N) is 1. The Morgan fingerprint density at radius 3 is 2.44 bits per heavy atom. The molecule has 1 rings (SSSR count). The third kappa shape index (κ3) is 2.79. The molecule has 0 saturated carbocycles. The van der Waals surface area contributed by atoms with E-state index in [1.165, 1.54) is 0 Å². The van der Waals surface area contributed by atoms with Crippen LogP contribution in [0.2, 0.25) is 0 Å². The number of aliphatic hydroxyl groups is 3. The third-order valence-electron chi connectivity index (χ3n) is 2.04.